The molecule has 238 valence electrons. The van der Waals surface area contributed by atoms with Crippen LogP contribution in [0.15, 0.2) is 36.4 Å². The molecule has 0 radical (unpaired) electrons. The largest absolute Gasteiger partial charge is 0.487 e. The molecule has 1 aliphatic carbocycles. The van der Waals surface area contributed by atoms with Crippen molar-refractivity contribution >= 4 is 29.2 Å². The van der Waals surface area contributed by atoms with Gasteiger partial charge in [0.05, 0.1) is 25.3 Å². The van der Waals surface area contributed by atoms with Gasteiger partial charge in [0, 0.05) is 38.3 Å². The first-order valence-electron chi connectivity index (χ1n) is 16.2. The van der Waals surface area contributed by atoms with Crippen LogP contribution >= 0.6 is 11.6 Å². The number of esters is 1. The van der Waals surface area contributed by atoms with Crippen LogP contribution in [0.5, 0.6) is 5.75 Å². The third kappa shape index (κ3) is 6.44. The molecular weight excluding hydrogens is 580 g/mol. The molecule has 0 aromatic heterocycles. The minimum atomic E-state index is -2.13. The van der Waals surface area contributed by atoms with Gasteiger partial charge in [0.15, 0.2) is 5.60 Å². The van der Waals surface area contributed by atoms with E-state index in [2.05, 4.69) is 4.90 Å². The number of amides is 1. The molecule has 2 fully saturated rings. The summed E-state index contributed by atoms with van der Waals surface area (Å²) in [5.74, 6) is 0.993. The van der Waals surface area contributed by atoms with Crippen molar-refractivity contribution in [3.8, 4) is 5.75 Å². The Kier molecular flexibility index (Phi) is 9.41. The molecule has 1 N–H and O–H groups in total. The fraction of sp³-hybridized carbons (Fsp3) is 0.600. The number of halogens is 1. The van der Waals surface area contributed by atoms with Gasteiger partial charge in [-0.05, 0) is 110 Å². The van der Waals surface area contributed by atoms with Crippen LogP contribution < -0.4 is 9.64 Å². The maximum Gasteiger partial charge on any atom is 0.343 e. The van der Waals surface area contributed by atoms with E-state index in [4.69, 9.17) is 25.8 Å². The van der Waals surface area contributed by atoms with Crippen molar-refractivity contribution in [3.05, 3.63) is 58.1 Å². The van der Waals surface area contributed by atoms with Crippen molar-refractivity contribution in [2.24, 2.45) is 17.8 Å². The Morgan fingerprint density at radius 1 is 1.07 bits per heavy atom. The fourth-order valence-electron chi connectivity index (χ4n) is 7.57. The average Bonchev–Trinajstić information content (AvgIpc) is 3.04. The highest BCUT2D eigenvalue weighted by molar-refractivity contribution is 6.30. The van der Waals surface area contributed by atoms with Crippen LogP contribution in [0.4, 0.5) is 5.69 Å². The Labute approximate surface area is 265 Å². The number of methoxy groups -OCH3 is 1. The lowest BCUT2D eigenvalue weighted by Crippen LogP contribution is -2.47. The third-order valence-electron chi connectivity index (χ3n) is 10.5. The lowest BCUT2D eigenvalue weighted by molar-refractivity contribution is -0.168. The van der Waals surface area contributed by atoms with Crippen LogP contribution in [0, 0.1) is 17.8 Å². The van der Waals surface area contributed by atoms with Crippen molar-refractivity contribution in [3.63, 3.8) is 0 Å². The van der Waals surface area contributed by atoms with Crippen LogP contribution in [-0.2, 0) is 37.7 Å². The zero-order valence-corrected chi connectivity index (χ0v) is 26.7. The van der Waals surface area contributed by atoms with E-state index in [1.165, 1.54) is 12.7 Å². The molecule has 44 heavy (non-hydrogen) atoms. The number of hydrogen-bond donors (Lipinski definition) is 1. The van der Waals surface area contributed by atoms with Crippen molar-refractivity contribution in [2.45, 2.75) is 76.1 Å². The van der Waals surface area contributed by atoms with Gasteiger partial charge >= 0.3 is 5.97 Å². The van der Waals surface area contributed by atoms with Crippen LogP contribution in [0.1, 0.15) is 68.1 Å². The van der Waals surface area contributed by atoms with E-state index >= 15 is 0 Å². The molecule has 1 saturated heterocycles. The molecule has 3 aliphatic heterocycles. The standard InChI is InChI=1S/C35H45ClN2O6/c1-37-15-12-23-13-16-43-32(17-23)29-10-7-25(29)21-38-14-4-3-5-24-18-28(36)9-6-26(24)22-44-31-11-8-27(19-30(31)38)35(41,20-33(37)39)34(40)42-2/h6,8-9,11,18-19,23,25,29,32,41H,3-5,7,10,12-17,20-22H2,1-2H3/t23-,25+,29-,32+,35+/m1/s1. The zero-order valence-electron chi connectivity index (χ0n) is 25.9. The summed E-state index contributed by atoms with van der Waals surface area (Å²) in [6, 6.07) is 11.3. The lowest BCUT2D eigenvalue weighted by atomic mass is 9.67. The Balaban J connectivity index is 1.42. The summed E-state index contributed by atoms with van der Waals surface area (Å²) >= 11 is 6.36. The van der Waals surface area contributed by atoms with Crippen LogP contribution in [0.2, 0.25) is 5.02 Å². The number of aliphatic hydroxyl groups is 1. The first kappa shape index (κ1) is 31.2. The number of nitrogens with zero attached hydrogens (tertiary/aromatic N) is 2. The summed E-state index contributed by atoms with van der Waals surface area (Å²) < 4.78 is 18.0. The summed E-state index contributed by atoms with van der Waals surface area (Å²) in [5, 5.41) is 12.7. The molecule has 2 aromatic carbocycles. The average molecular weight is 625 g/mol. The monoisotopic (exact) mass is 624 g/mol. The summed E-state index contributed by atoms with van der Waals surface area (Å²) in [5.41, 5.74) is 1.31. The van der Waals surface area contributed by atoms with E-state index in [-0.39, 0.29) is 12.0 Å². The maximum absolute atomic E-state index is 13.5. The van der Waals surface area contributed by atoms with Crippen LogP contribution in [0.25, 0.3) is 0 Å². The summed E-state index contributed by atoms with van der Waals surface area (Å²) in [6.07, 6.45) is 7.91. The van der Waals surface area contributed by atoms with Gasteiger partial charge in [-0.2, -0.15) is 0 Å². The third-order valence-corrected chi connectivity index (χ3v) is 10.7. The van der Waals surface area contributed by atoms with E-state index in [1.807, 2.05) is 30.3 Å². The molecule has 0 spiro atoms. The number of ether oxygens (including phenoxy) is 3. The molecule has 1 amide bonds. The van der Waals surface area contributed by atoms with Gasteiger partial charge in [-0.15, -0.1) is 0 Å². The molecule has 5 atom stereocenters. The molecule has 8 nitrogen and oxygen atoms in total. The summed E-state index contributed by atoms with van der Waals surface area (Å²) in [6.45, 7) is 3.34. The second-order valence-electron chi connectivity index (χ2n) is 13.2. The number of aryl methyl sites for hydroxylation is 1. The van der Waals surface area contributed by atoms with E-state index in [9.17, 15) is 14.7 Å². The Bertz CT molecular complexity index is 1370. The molecule has 3 heterocycles. The zero-order chi connectivity index (χ0) is 30.8. The molecule has 1 saturated carbocycles. The smallest absolute Gasteiger partial charge is 0.343 e. The molecular formula is C35H45ClN2O6. The number of carbonyl (C=O) groups is 2. The highest BCUT2D eigenvalue weighted by Crippen LogP contribution is 2.45. The van der Waals surface area contributed by atoms with Gasteiger partial charge < -0.3 is 29.1 Å². The van der Waals surface area contributed by atoms with Gasteiger partial charge in [-0.3, -0.25) is 4.79 Å². The number of benzene rings is 2. The lowest BCUT2D eigenvalue weighted by Gasteiger charge is -2.47. The molecule has 2 aromatic rings. The quantitative estimate of drug-likeness (QED) is 0.420. The molecule has 4 aliphatic rings. The first-order chi connectivity index (χ1) is 21.2. The predicted molar refractivity (Wildman–Crippen MR) is 169 cm³/mol. The first-order valence-corrected chi connectivity index (χ1v) is 16.6. The molecule has 9 heteroatoms. The van der Waals surface area contributed by atoms with E-state index in [0.717, 1.165) is 87.3 Å². The number of anilines is 1. The number of fused-ring (bicyclic) bond motifs is 6. The van der Waals surface area contributed by atoms with Gasteiger partial charge in [0.25, 0.3) is 0 Å². The molecule has 0 unspecified atom stereocenters. The Morgan fingerprint density at radius 2 is 1.93 bits per heavy atom. The summed E-state index contributed by atoms with van der Waals surface area (Å²) in [4.78, 5) is 30.7. The second kappa shape index (κ2) is 13.3. The molecule has 4 bridgehead atoms. The number of hydrogen-bond acceptors (Lipinski definition) is 7. The van der Waals surface area contributed by atoms with Crippen molar-refractivity contribution in [1.82, 2.24) is 4.90 Å². The van der Waals surface area contributed by atoms with Gasteiger partial charge in [-0.25, -0.2) is 4.79 Å². The predicted octanol–water partition coefficient (Wildman–Crippen LogP) is 5.50. The fourth-order valence-corrected chi connectivity index (χ4v) is 7.76. The highest BCUT2D eigenvalue weighted by Gasteiger charge is 2.44. The van der Waals surface area contributed by atoms with E-state index in [0.29, 0.717) is 42.2 Å². The Morgan fingerprint density at radius 3 is 2.73 bits per heavy atom. The SMILES string of the molecule is COC(=O)[C@]1(O)CC(=O)N(C)CC[C@@H]2CCO[C@@H](C2)[C@@H]2CC[C@H]2CN2CCCCc3cc(Cl)ccc3COc3ccc1cc32. The van der Waals surface area contributed by atoms with E-state index in [1.54, 1.807) is 18.0 Å². The normalized spacial score (nSPS) is 29.7. The number of rotatable bonds is 1. The number of carbonyl (C=O) groups excluding carboxylic acids is 2. The second-order valence-corrected chi connectivity index (χ2v) is 13.7. The maximum atomic E-state index is 13.5. The van der Waals surface area contributed by atoms with Crippen molar-refractivity contribution < 1.29 is 28.9 Å². The Hall–Kier alpha value is -2.81. The van der Waals surface area contributed by atoms with E-state index < -0.39 is 18.0 Å². The van der Waals surface area contributed by atoms with Crippen molar-refractivity contribution in [2.75, 3.05) is 45.3 Å². The van der Waals surface area contributed by atoms with Gasteiger partial charge in [-0.1, -0.05) is 23.7 Å². The van der Waals surface area contributed by atoms with Crippen molar-refractivity contribution in [1.29, 1.82) is 0 Å². The van der Waals surface area contributed by atoms with Crippen LogP contribution in [-0.4, -0.2) is 68.4 Å². The van der Waals surface area contributed by atoms with Gasteiger partial charge in [0.2, 0.25) is 5.91 Å². The molecule has 6 rings (SSSR count). The highest BCUT2D eigenvalue weighted by atomic mass is 35.5. The van der Waals surface area contributed by atoms with Gasteiger partial charge in [0.1, 0.15) is 12.4 Å². The summed E-state index contributed by atoms with van der Waals surface area (Å²) in [7, 11) is 2.99. The minimum Gasteiger partial charge on any atom is -0.487 e. The topological polar surface area (TPSA) is 88.5 Å². The van der Waals surface area contributed by atoms with Crippen LogP contribution in [0.3, 0.4) is 0 Å². The minimum absolute atomic E-state index is 0.246.